The van der Waals surface area contributed by atoms with E-state index in [-0.39, 0.29) is 12.2 Å². The van der Waals surface area contributed by atoms with E-state index >= 15 is 0 Å². The van der Waals surface area contributed by atoms with Crippen LogP contribution in [-0.2, 0) is 16.0 Å². The third kappa shape index (κ3) is 3.40. The summed E-state index contributed by atoms with van der Waals surface area (Å²) in [6.45, 7) is 3.30. The van der Waals surface area contributed by atoms with Crippen molar-refractivity contribution in [2.45, 2.75) is 25.9 Å². The first-order chi connectivity index (χ1) is 9.37. The predicted molar refractivity (Wildman–Crippen MR) is 71.0 cm³/mol. The summed E-state index contributed by atoms with van der Waals surface area (Å²) >= 11 is 0. The van der Waals surface area contributed by atoms with Crippen molar-refractivity contribution in [2.24, 2.45) is 0 Å². The van der Waals surface area contributed by atoms with Gasteiger partial charge in [0.15, 0.2) is 18.1 Å². The summed E-state index contributed by atoms with van der Waals surface area (Å²) in [4.78, 5) is 21.7. The minimum Gasteiger partial charge on any atom is -0.483 e. The first kappa shape index (κ1) is 14.2. The number of amides is 1. The van der Waals surface area contributed by atoms with Gasteiger partial charge in [-0.15, -0.1) is 0 Å². The van der Waals surface area contributed by atoms with Gasteiger partial charge in [-0.25, -0.2) is 0 Å². The highest BCUT2D eigenvalue weighted by Gasteiger charge is 2.32. The lowest BCUT2D eigenvalue weighted by molar-refractivity contribution is -0.138. The fourth-order valence-corrected chi connectivity index (χ4v) is 2.07. The molecule has 1 aliphatic rings. The van der Waals surface area contributed by atoms with E-state index in [1.807, 2.05) is 26.0 Å². The van der Waals surface area contributed by atoms with Crippen molar-refractivity contribution in [1.82, 2.24) is 5.32 Å². The quantitative estimate of drug-likeness (QED) is 0.839. The number of fused-ring (bicyclic) bond motifs is 1. The second kappa shape index (κ2) is 5.40. The third-order valence-corrected chi connectivity index (χ3v) is 2.85. The lowest BCUT2D eigenvalue weighted by Gasteiger charge is -2.18. The molecule has 1 heterocycles. The Bertz CT molecular complexity index is 538. The number of benzene rings is 1. The number of rotatable bonds is 5. The Balaban J connectivity index is 1.97. The molecule has 0 aromatic heterocycles. The van der Waals surface area contributed by atoms with Crippen LogP contribution in [0.2, 0.25) is 0 Å². The summed E-state index contributed by atoms with van der Waals surface area (Å²) in [5.41, 5.74) is 0.756. The van der Waals surface area contributed by atoms with Crippen molar-refractivity contribution in [1.29, 1.82) is 0 Å². The zero-order valence-electron chi connectivity index (χ0n) is 11.4. The molecule has 6 heteroatoms. The molecule has 0 saturated carbocycles. The fourth-order valence-electron chi connectivity index (χ4n) is 2.07. The highest BCUT2D eigenvalue weighted by Crippen LogP contribution is 2.41. The zero-order chi connectivity index (χ0) is 14.8. The van der Waals surface area contributed by atoms with Gasteiger partial charge in [-0.3, -0.25) is 9.59 Å². The van der Waals surface area contributed by atoms with E-state index in [0.717, 1.165) is 12.0 Å². The van der Waals surface area contributed by atoms with Crippen molar-refractivity contribution < 1.29 is 24.2 Å². The van der Waals surface area contributed by atoms with Gasteiger partial charge in [-0.2, -0.15) is 0 Å². The molecule has 1 aromatic carbocycles. The zero-order valence-corrected chi connectivity index (χ0v) is 11.4. The number of para-hydroxylation sites is 1. The molecule has 0 radical (unpaired) electrons. The molecule has 0 fully saturated rings. The van der Waals surface area contributed by atoms with E-state index in [4.69, 9.17) is 14.6 Å². The molecule has 0 bridgehead atoms. The number of nitrogens with one attached hydrogen (secondary N) is 1. The molecule has 0 unspecified atom stereocenters. The summed E-state index contributed by atoms with van der Waals surface area (Å²) in [5.74, 6) is -0.423. The predicted octanol–water partition coefficient (Wildman–Crippen LogP) is 0.980. The number of carboxylic acids is 1. The van der Waals surface area contributed by atoms with Crippen LogP contribution in [0.3, 0.4) is 0 Å². The molecule has 1 amide bonds. The van der Waals surface area contributed by atoms with Gasteiger partial charge >= 0.3 is 5.97 Å². The summed E-state index contributed by atoms with van der Waals surface area (Å²) in [7, 11) is 0. The Morgan fingerprint density at radius 2 is 2.20 bits per heavy atom. The summed E-state index contributed by atoms with van der Waals surface area (Å²) in [5, 5.41) is 10.7. The van der Waals surface area contributed by atoms with Crippen LogP contribution >= 0.6 is 0 Å². The minimum atomic E-state index is -1.09. The van der Waals surface area contributed by atoms with Crippen LogP contribution in [0.5, 0.6) is 11.5 Å². The third-order valence-electron chi connectivity index (χ3n) is 2.85. The van der Waals surface area contributed by atoms with E-state index in [1.165, 1.54) is 0 Å². The standard InChI is InChI=1S/C14H17NO5/c1-14(2)6-9-4-3-5-10(13(9)20-14)19-8-11(16)15-7-12(17)18/h3-5H,6-8H2,1-2H3,(H,15,16)(H,17,18). The largest absolute Gasteiger partial charge is 0.483 e. The van der Waals surface area contributed by atoms with Crippen LogP contribution in [0.4, 0.5) is 0 Å². The molecule has 20 heavy (non-hydrogen) atoms. The topological polar surface area (TPSA) is 84.9 Å². The number of hydrogen-bond acceptors (Lipinski definition) is 4. The van der Waals surface area contributed by atoms with E-state index in [9.17, 15) is 9.59 Å². The molecule has 6 nitrogen and oxygen atoms in total. The van der Waals surface area contributed by atoms with E-state index in [0.29, 0.717) is 11.5 Å². The lowest BCUT2D eigenvalue weighted by Crippen LogP contribution is -2.33. The first-order valence-corrected chi connectivity index (χ1v) is 6.29. The van der Waals surface area contributed by atoms with Gasteiger partial charge in [0.05, 0.1) is 0 Å². The van der Waals surface area contributed by atoms with Crippen molar-refractivity contribution in [2.75, 3.05) is 13.2 Å². The number of ether oxygens (including phenoxy) is 2. The van der Waals surface area contributed by atoms with Crippen molar-refractivity contribution in [3.63, 3.8) is 0 Å². The number of aliphatic carboxylic acids is 1. The van der Waals surface area contributed by atoms with E-state index in [1.54, 1.807) is 6.07 Å². The molecule has 0 saturated heterocycles. The Kier molecular flexibility index (Phi) is 3.83. The second-order valence-corrected chi connectivity index (χ2v) is 5.24. The highest BCUT2D eigenvalue weighted by molar-refractivity contribution is 5.82. The Morgan fingerprint density at radius 3 is 2.90 bits per heavy atom. The molecule has 0 spiro atoms. The lowest BCUT2D eigenvalue weighted by atomic mass is 10.0. The van der Waals surface area contributed by atoms with Crippen molar-refractivity contribution in [3.8, 4) is 11.5 Å². The minimum absolute atomic E-state index is 0.243. The number of hydrogen-bond donors (Lipinski definition) is 2. The SMILES string of the molecule is CC1(C)Cc2cccc(OCC(=O)NCC(=O)O)c2O1. The van der Waals surface area contributed by atoms with Crippen LogP contribution in [0.15, 0.2) is 18.2 Å². The number of carboxylic acid groups (broad SMARTS) is 1. The number of carbonyl (C=O) groups excluding carboxylic acids is 1. The molecule has 0 atom stereocenters. The monoisotopic (exact) mass is 279 g/mol. The van der Waals surface area contributed by atoms with Crippen LogP contribution < -0.4 is 14.8 Å². The Morgan fingerprint density at radius 1 is 1.45 bits per heavy atom. The van der Waals surface area contributed by atoms with Crippen LogP contribution in [0.1, 0.15) is 19.4 Å². The molecular formula is C14H17NO5. The summed E-state index contributed by atoms with van der Waals surface area (Å²) in [6.07, 6.45) is 0.782. The molecule has 1 aromatic rings. The van der Waals surface area contributed by atoms with Gasteiger partial charge < -0.3 is 19.9 Å². The highest BCUT2D eigenvalue weighted by atomic mass is 16.5. The molecule has 1 aliphatic heterocycles. The molecule has 2 N–H and O–H groups in total. The number of carbonyl (C=O) groups is 2. The summed E-state index contributed by atoms with van der Waals surface area (Å²) < 4.78 is 11.2. The van der Waals surface area contributed by atoms with Crippen LogP contribution in [-0.4, -0.2) is 35.7 Å². The van der Waals surface area contributed by atoms with Crippen LogP contribution in [0.25, 0.3) is 0 Å². The molecule has 0 aliphatic carbocycles. The van der Waals surface area contributed by atoms with Gasteiger partial charge in [0.2, 0.25) is 0 Å². The second-order valence-electron chi connectivity index (χ2n) is 5.24. The van der Waals surface area contributed by atoms with Gasteiger partial charge in [0.25, 0.3) is 5.91 Å². The average molecular weight is 279 g/mol. The average Bonchev–Trinajstić information content (AvgIpc) is 2.68. The van der Waals surface area contributed by atoms with Gasteiger partial charge in [-0.05, 0) is 19.9 Å². The van der Waals surface area contributed by atoms with Gasteiger partial charge in [0, 0.05) is 12.0 Å². The van der Waals surface area contributed by atoms with Crippen molar-refractivity contribution >= 4 is 11.9 Å². The Hall–Kier alpha value is -2.24. The summed E-state index contributed by atoms with van der Waals surface area (Å²) in [6, 6.07) is 5.53. The van der Waals surface area contributed by atoms with Gasteiger partial charge in [0.1, 0.15) is 12.1 Å². The Labute approximate surface area is 116 Å². The normalized spacial score (nSPS) is 15.1. The first-order valence-electron chi connectivity index (χ1n) is 6.29. The fraction of sp³-hybridized carbons (Fsp3) is 0.429. The molecular weight excluding hydrogens is 262 g/mol. The maximum absolute atomic E-state index is 11.4. The maximum Gasteiger partial charge on any atom is 0.322 e. The smallest absolute Gasteiger partial charge is 0.322 e. The van der Waals surface area contributed by atoms with Crippen molar-refractivity contribution in [3.05, 3.63) is 23.8 Å². The molecule has 108 valence electrons. The van der Waals surface area contributed by atoms with Crippen LogP contribution in [0, 0.1) is 0 Å². The van der Waals surface area contributed by atoms with E-state index < -0.39 is 18.4 Å². The van der Waals surface area contributed by atoms with E-state index in [2.05, 4.69) is 5.32 Å². The maximum atomic E-state index is 11.4. The van der Waals surface area contributed by atoms with Gasteiger partial charge in [-0.1, -0.05) is 12.1 Å². The molecule has 2 rings (SSSR count).